The van der Waals surface area contributed by atoms with Crippen LogP contribution in [-0.2, 0) is 9.59 Å². The van der Waals surface area contributed by atoms with Crippen molar-refractivity contribution in [1.29, 1.82) is 0 Å². The molecule has 2 aromatic rings. The highest BCUT2D eigenvalue weighted by molar-refractivity contribution is 7.15. The number of aryl methyl sites for hydroxylation is 1. The largest absolute Gasteiger partial charge is 0.478 e. The highest BCUT2D eigenvalue weighted by atomic mass is 32.1. The fourth-order valence-electron chi connectivity index (χ4n) is 2.50. The highest BCUT2D eigenvalue weighted by Gasteiger charge is 2.35. The molecular weight excluding hydrogens is 362 g/mol. The zero-order valence-electron chi connectivity index (χ0n) is 14.0. The van der Waals surface area contributed by atoms with Crippen molar-refractivity contribution >= 4 is 39.7 Å². The molecule has 0 fully saturated rings. The number of nitrogens with one attached hydrogen (secondary N) is 1. The van der Waals surface area contributed by atoms with Gasteiger partial charge in [-0.05, 0) is 19.4 Å². The zero-order valence-corrected chi connectivity index (χ0v) is 14.8. The van der Waals surface area contributed by atoms with Crippen molar-refractivity contribution in [3.63, 3.8) is 0 Å². The smallest absolute Gasteiger partial charge is 0.271 e. The van der Waals surface area contributed by atoms with Crippen LogP contribution in [0, 0.1) is 17.0 Å². The van der Waals surface area contributed by atoms with Crippen LogP contribution in [0.1, 0.15) is 18.4 Å². The monoisotopic (exact) mass is 377 g/mol. The van der Waals surface area contributed by atoms with Gasteiger partial charge in [-0.2, -0.15) is 0 Å². The maximum Gasteiger partial charge on any atom is 0.271 e. The molecule has 136 valence electrons. The van der Waals surface area contributed by atoms with Crippen LogP contribution in [0.4, 0.5) is 16.5 Å². The molecule has 0 bridgehead atoms. The number of fused-ring (bicyclic) bond motifs is 1. The summed E-state index contributed by atoms with van der Waals surface area (Å²) >= 11 is 1.20. The van der Waals surface area contributed by atoms with Crippen LogP contribution in [0.25, 0.3) is 0 Å². The molecule has 2 heterocycles. The molecule has 1 N–H and O–H groups in total. The minimum absolute atomic E-state index is 0.192. The second kappa shape index (κ2) is 7.04. The normalized spacial score (nSPS) is 16.0. The van der Waals surface area contributed by atoms with Gasteiger partial charge in [0.2, 0.25) is 11.0 Å². The van der Waals surface area contributed by atoms with Crippen molar-refractivity contribution in [2.45, 2.75) is 26.4 Å². The van der Waals surface area contributed by atoms with E-state index in [0.717, 1.165) is 0 Å². The lowest BCUT2D eigenvalue weighted by Crippen LogP contribution is -2.48. The molecular formula is C15H15N5O5S. The van der Waals surface area contributed by atoms with Gasteiger partial charge in [0.1, 0.15) is 17.3 Å². The van der Waals surface area contributed by atoms with Gasteiger partial charge in [0.25, 0.3) is 11.6 Å². The zero-order chi connectivity index (χ0) is 18.8. The Morgan fingerprint density at radius 2 is 2.23 bits per heavy atom. The summed E-state index contributed by atoms with van der Waals surface area (Å²) in [6.07, 6.45) is -0.344. The van der Waals surface area contributed by atoms with Crippen molar-refractivity contribution in [2.75, 3.05) is 16.8 Å². The Labute approximate surface area is 151 Å². The molecule has 0 saturated carbocycles. The molecule has 1 aliphatic rings. The predicted molar refractivity (Wildman–Crippen MR) is 93.4 cm³/mol. The molecule has 1 aromatic carbocycles. The first-order valence-corrected chi connectivity index (χ1v) is 8.57. The number of hydrogen-bond donors (Lipinski definition) is 1. The van der Waals surface area contributed by atoms with Gasteiger partial charge in [-0.15, -0.1) is 10.2 Å². The minimum Gasteiger partial charge on any atom is -0.478 e. The molecule has 26 heavy (non-hydrogen) atoms. The summed E-state index contributed by atoms with van der Waals surface area (Å²) in [6.45, 7) is 3.22. The first-order chi connectivity index (χ1) is 12.4. The van der Waals surface area contributed by atoms with Crippen molar-refractivity contribution in [3.8, 4) is 5.75 Å². The first kappa shape index (κ1) is 17.7. The van der Waals surface area contributed by atoms with Gasteiger partial charge in [0.05, 0.1) is 10.6 Å². The van der Waals surface area contributed by atoms with Gasteiger partial charge in [0, 0.05) is 12.1 Å². The van der Waals surface area contributed by atoms with E-state index in [1.54, 1.807) is 13.8 Å². The number of ether oxygens (including phenoxy) is 1. The third-order valence-corrected chi connectivity index (χ3v) is 4.45. The van der Waals surface area contributed by atoms with E-state index in [1.165, 1.54) is 34.4 Å². The molecule has 1 unspecified atom stereocenters. The molecule has 1 aromatic heterocycles. The maximum absolute atomic E-state index is 12.6. The van der Waals surface area contributed by atoms with Crippen LogP contribution in [0.3, 0.4) is 0 Å². The lowest BCUT2D eigenvalue weighted by atomic mass is 10.1. The molecule has 0 radical (unpaired) electrons. The first-order valence-electron chi connectivity index (χ1n) is 7.75. The number of carbonyl (C=O) groups excluding carboxylic acids is 2. The summed E-state index contributed by atoms with van der Waals surface area (Å²) in [6, 6.07) is 3.95. The summed E-state index contributed by atoms with van der Waals surface area (Å²) in [5, 5.41) is 22.2. The molecule has 0 saturated heterocycles. The Bertz CT molecular complexity index is 883. The fraction of sp³-hybridized carbons (Fsp3) is 0.333. The summed E-state index contributed by atoms with van der Waals surface area (Å²) < 4.78 is 5.60. The number of nitro groups is 1. The molecule has 10 nitrogen and oxygen atoms in total. The van der Waals surface area contributed by atoms with Crippen LogP contribution >= 0.6 is 11.3 Å². The van der Waals surface area contributed by atoms with Gasteiger partial charge in [-0.1, -0.05) is 18.3 Å². The van der Waals surface area contributed by atoms with Gasteiger partial charge in [-0.25, -0.2) is 0 Å². The highest BCUT2D eigenvalue weighted by Crippen LogP contribution is 2.37. The van der Waals surface area contributed by atoms with Crippen LogP contribution in [0.2, 0.25) is 0 Å². The molecule has 2 amide bonds. The van der Waals surface area contributed by atoms with Crippen LogP contribution < -0.4 is 15.0 Å². The van der Waals surface area contributed by atoms with Crippen LogP contribution in [0.5, 0.6) is 5.75 Å². The van der Waals surface area contributed by atoms with Gasteiger partial charge in [0.15, 0.2) is 6.10 Å². The maximum atomic E-state index is 12.6. The van der Waals surface area contributed by atoms with Crippen molar-refractivity contribution in [3.05, 3.63) is 33.3 Å². The number of nitro benzene ring substituents is 1. The molecule has 1 atom stereocenters. The Hall–Kier alpha value is -3.08. The van der Waals surface area contributed by atoms with E-state index in [-0.39, 0.29) is 17.9 Å². The summed E-state index contributed by atoms with van der Waals surface area (Å²) in [4.78, 5) is 36.6. The van der Waals surface area contributed by atoms with E-state index < -0.39 is 22.8 Å². The number of nitrogens with zero attached hydrogens (tertiary/aromatic N) is 4. The number of benzene rings is 1. The number of rotatable bonds is 5. The lowest BCUT2D eigenvalue weighted by molar-refractivity contribution is -0.384. The Balaban J connectivity index is 1.88. The van der Waals surface area contributed by atoms with Gasteiger partial charge in [-0.3, -0.25) is 29.9 Å². The lowest BCUT2D eigenvalue weighted by Gasteiger charge is -2.33. The number of anilines is 2. The van der Waals surface area contributed by atoms with Crippen LogP contribution in [0.15, 0.2) is 18.2 Å². The number of aromatic nitrogens is 2. The summed E-state index contributed by atoms with van der Waals surface area (Å²) in [5.74, 6) is -0.589. The average Bonchev–Trinajstić information content (AvgIpc) is 3.01. The van der Waals surface area contributed by atoms with E-state index in [9.17, 15) is 19.7 Å². The van der Waals surface area contributed by atoms with Gasteiger partial charge < -0.3 is 4.74 Å². The Morgan fingerprint density at radius 3 is 2.85 bits per heavy atom. The third-order valence-electron chi connectivity index (χ3n) is 3.70. The molecule has 0 aliphatic carbocycles. The third kappa shape index (κ3) is 3.47. The quantitative estimate of drug-likeness (QED) is 0.622. The van der Waals surface area contributed by atoms with E-state index in [0.29, 0.717) is 22.3 Å². The second-order valence-corrected chi connectivity index (χ2v) is 6.70. The van der Waals surface area contributed by atoms with E-state index in [1.807, 2.05) is 0 Å². The van der Waals surface area contributed by atoms with E-state index in [2.05, 4.69) is 15.5 Å². The van der Waals surface area contributed by atoms with Crippen LogP contribution in [-0.4, -0.2) is 39.6 Å². The van der Waals surface area contributed by atoms with Crippen molar-refractivity contribution in [1.82, 2.24) is 10.2 Å². The van der Waals surface area contributed by atoms with Crippen molar-refractivity contribution < 1.29 is 19.2 Å². The standard InChI is InChI=1S/C15H15N5O5S/c1-3-11-14(22)19(7-13(21)16-15-18-17-8(2)26-15)10-6-9(20(23)24)4-5-12(10)25-11/h4-6,11H,3,7H2,1-2H3,(H,16,18,21). The summed E-state index contributed by atoms with van der Waals surface area (Å²) in [5.41, 5.74) is -0.00208. The van der Waals surface area contributed by atoms with E-state index in [4.69, 9.17) is 4.74 Å². The fourth-order valence-corrected chi connectivity index (χ4v) is 3.10. The summed E-state index contributed by atoms with van der Waals surface area (Å²) in [7, 11) is 0. The Morgan fingerprint density at radius 1 is 1.46 bits per heavy atom. The van der Waals surface area contributed by atoms with Gasteiger partial charge >= 0.3 is 0 Å². The number of amides is 2. The number of carbonyl (C=O) groups is 2. The number of hydrogen-bond acceptors (Lipinski definition) is 8. The molecule has 1 aliphatic heterocycles. The second-order valence-electron chi connectivity index (χ2n) is 5.52. The SMILES string of the molecule is CCC1Oc2ccc([N+](=O)[O-])cc2N(CC(=O)Nc2nnc(C)s2)C1=O. The number of non-ortho nitro benzene ring substituents is 1. The van der Waals surface area contributed by atoms with Crippen molar-refractivity contribution in [2.24, 2.45) is 0 Å². The average molecular weight is 377 g/mol. The molecule has 11 heteroatoms. The topological polar surface area (TPSA) is 128 Å². The van der Waals surface area contributed by atoms with E-state index >= 15 is 0 Å². The molecule has 3 rings (SSSR count). The predicted octanol–water partition coefficient (Wildman–Crippen LogP) is 1.90. The molecule has 0 spiro atoms. The Kier molecular flexibility index (Phi) is 4.80. The minimum atomic E-state index is -0.750.